The van der Waals surface area contributed by atoms with E-state index in [0.717, 1.165) is 24.2 Å². The Bertz CT molecular complexity index is 596. The van der Waals surface area contributed by atoms with Crippen molar-refractivity contribution in [2.45, 2.75) is 18.9 Å². The standard InChI is InChI=1S/C15H22N2O4S/c1-20-14-6-4-13(5-7-14)15-3-2-8-17(15)22(18,19)16-9-11-21-12-10-16/h4-7,15H,2-3,8-12H2,1H3/t15-/m0/s1. The maximum absolute atomic E-state index is 12.9. The van der Waals surface area contributed by atoms with Crippen LogP contribution < -0.4 is 4.74 Å². The second kappa shape index (κ2) is 6.54. The predicted octanol–water partition coefficient (Wildman–Crippen LogP) is 1.41. The lowest BCUT2D eigenvalue weighted by Crippen LogP contribution is -2.48. The Balaban J connectivity index is 1.82. The van der Waals surface area contributed by atoms with Gasteiger partial charge >= 0.3 is 0 Å². The Morgan fingerprint density at radius 1 is 1.14 bits per heavy atom. The summed E-state index contributed by atoms with van der Waals surface area (Å²) in [6.45, 7) is 2.40. The molecule has 22 heavy (non-hydrogen) atoms. The minimum Gasteiger partial charge on any atom is -0.497 e. The van der Waals surface area contributed by atoms with Crippen LogP contribution in [0.5, 0.6) is 5.75 Å². The van der Waals surface area contributed by atoms with Crippen molar-refractivity contribution >= 4 is 10.2 Å². The first-order valence-corrected chi connectivity index (χ1v) is 9.01. The molecule has 0 saturated carbocycles. The second-order valence-electron chi connectivity index (χ2n) is 5.56. The third-order valence-electron chi connectivity index (χ3n) is 4.30. The third kappa shape index (κ3) is 2.99. The van der Waals surface area contributed by atoms with E-state index in [0.29, 0.717) is 32.8 Å². The van der Waals surface area contributed by atoms with Gasteiger partial charge in [0.1, 0.15) is 5.75 Å². The molecule has 2 saturated heterocycles. The zero-order valence-electron chi connectivity index (χ0n) is 12.8. The summed E-state index contributed by atoms with van der Waals surface area (Å²) in [6.07, 6.45) is 1.75. The molecule has 0 bridgehead atoms. The van der Waals surface area contributed by atoms with Crippen molar-refractivity contribution in [2.24, 2.45) is 0 Å². The van der Waals surface area contributed by atoms with Gasteiger partial charge in [-0.2, -0.15) is 17.0 Å². The summed E-state index contributed by atoms with van der Waals surface area (Å²) in [6, 6.07) is 7.59. The van der Waals surface area contributed by atoms with E-state index in [-0.39, 0.29) is 6.04 Å². The van der Waals surface area contributed by atoms with Gasteiger partial charge in [0, 0.05) is 19.6 Å². The number of benzene rings is 1. The zero-order valence-corrected chi connectivity index (χ0v) is 13.6. The summed E-state index contributed by atoms with van der Waals surface area (Å²) in [5.41, 5.74) is 1.02. The van der Waals surface area contributed by atoms with E-state index < -0.39 is 10.2 Å². The van der Waals surface area contributed by atoms with E-state index in [1.165, 1.54) is 0 Å². The van der Waals surface area contributed by atoms with Crippen LogP contribution in [0.25, 0.3) is 0 Å². The number of morpholine rings is 1. The lowest BCUT2D eigenvalue weighted by Gasteiger charge is -2.33. The fourth-order valence-electron chi connectivity index (χ4n) is 3.10. The Morgan fingerprint density at radius 3 is 2.45 bits per heavy atom. The molecular formula is C15H22N2O4S. The molecule has 0 amide bonds. The molecular weight excluding hydrogens is 304 g/mol. The quantitative estimate of drug-likeness (QED) is 0.839. The average Bonchev–Trinajstić information content (AvgIpc) is 3.06. The molecule has 122 valence electrons. The molecule has 7 heteroatoms. The number of rotatable bonds is 4. The number of nitrogens with zero attached hydrogens (tertiary/aromatic N) is 2. The number of methoxy groups -OCH3 is 1. The highest BCUT2D eigenvalue weighted by molar-refractivity contribution is 7.86. The average molecular weight is 326 g/mol. The predicted molar refractivity (Wildman–Crippen MR) is 83.0 cm³/mol. The highest BCUT2D eigenvalue weighted by Crippen LogP contribution is 2.35. The van der Waals surface area contributed by atoms with Gasteiger partial charge in [-0.15, -0.1) is 0 Å². The highest BCUT2D eigenvalue weighted by Gasteiger charge is 2.39. The fraction of sp³-hybridized carbons (Fsp3) is 0.600. The summed E-state index contributed by atoms with van der Waals surface area (Å²) < 4.78 is 39.3. The first kappa shape index (κ1) is 15.7. The van der Waals surface area contributed by atoms with Crippen LogP contribution >= 0.6 is 0 Å². The van der Waals surface area contributed by atoms with E-state index in [2.05, 4.69) is 0 Å². The van der Waals surface area contributed by atoms with Crippen LogP contribution in [0.1, 0.15) is 24.4 Å². The number of hydrogen-bond donors (Lipinski definition) is 0. The highest BCUT2D eigenvalue weighted by atomic mass is 32.2. The van der Waals surface area contributed by atoms with Gasteiger partial charge in [0.05, 0.1) is 26.4 Å². The van der Waals surface area contributed by atoms with Crippen molar-refractivity contribution < 1.29 is 17.9 Å². The van der Waals surface area contributed by atoms with Crippen LogP contribution in [0.4, 0.5) is 0 Å². The lowest BCUT2D eigenvalue weighted by atomic mass is 10.1. The molecule has 2 fully saturated rings. The van der Waals surface area contributed by atoms with E-state index in [1.807, 2.05) is 24.3 Å². The first-order valence-electron chi connectivity index (χ1n) is 7.61. The minimum absolute atomic E-state index is 0.0845. The van der Waals surface area contributed by atoms with Crippen molar-refractivity contribution in [3.63, 3.8) is 0 Å². The molecule has 2 heterocycles. The summed E-state index contributed by atoms with van der Waals surface area (Å²) in [5, 5.41) is 0. The lowest BCUT2D eigenvalue weighted by molar-refractivity contribution is 0.0699. The topological polar surface area (TPSA) is 59.1 Å². The SMILES string of the molecule is COc1ccc([C@@H]2CCCN2S(=O)(=O)N2CCOCC2)cc1. The summed E-state index contributed by atoms with van der Waals surface area (Å²) >= 11 is 0. The van der Waals surface area contributed by atoms with Crippen molar-refractivity contribution in [3.05, 3.63) is 29.8 Å². The van der Waals surface area contributed by atoms with E-state index in [4.69, 9.17) is 9.47 Å². The summed E-state index contributed by atoms with van der Waals surface area (Å²) in [7, 11) is -1.79. The van der Waals surface area contributed by atoms with Crippen LogP contribution in [0.3, 0.4) is 0 Å². The molecule has 2 aliphatic rings. The molecule has 3 rings (SSSR count). The molecule has 0 unspecified atom stereocenters. The molecule has 0 spiro atoms. The van der Waals surface area contributed by atoms with Crippen molar-refractivity contribution in [3.8, 4) is 5.75 Å². The largest absolute Gasteiger partial charge is 0.497 e. The van der Waals surface area contributed by atoms with Gasteiger partial charge in [-0.3, -0.25) is 0 Å². The molecule has 1 atom stereocenters. The molecule has 1 aromatic rings. The molecule has 1 aromatic carbocycles. The Kier molecular flexibility index (Phi) is 4.67. The molecule has 0 aliphatic carbocycles. The van der Waals surface area contributed by atoms with E-state index >= 15 is 0 Å². The van der Waals surface area contributed by atoms with Crippen molar-refractivity contribution in [1.29, 1.82) is 0 Å². The van der Waals surface area contributed by atoms with Crippen LogP contribution in [0, 0.1) is 0 Å². The monoisotopic (exact) mass is 326 g/mol. The van der Waals surface area contributed by atoms with Crippen molar-refractivity contribution in [1.82, 2.24) is 8.61 Å². The molecule has 6 nitrogen and oxygen atoms in total. The van der Waals surface area contributed by atoms with Crippen molar-refractivity contribution in [2.75, 3.05) is 40.0 Å². The Hall–Kier alpha value is -1.15. The normalized spacial score (nSPS) is 24.5. The molecule has 0 radical (unpaired) electrons. The molecule has 2 aliphatic heterocycles. The molecule has 0 N–H and O–H groups in total. The van der Waals surface area contributed by atoms with Crippen LogP contribution in [-0.2, 0) is 14.9 Å². The summed E-state index contributed by atoms with van der Waals surface area (Å²) in [4.78, 5) is 0. The van der Waals surface area contributed by atoms with Crippen LogP contribution in [0.2, 0.25) is 0 Å². The van der Waals surface area contributed by atoms with Crippen LogP contribution in [-0.4, -0.2) is 57.0 Å². The van der Waals surface area contributed by atoms with E-state index in [1.54, 1.807) is 15.7 Å². The second-order valence-corrected chi connectivity index (χ2v) is 7.44. The van der Waals surface area contributed by atoms with Gasteiger partial charge in [0.25, 0.3) is 10.2 Å². The van der Waals surface area contributed by atoms with Gasteiger partial charge < -0.3 is 9.47 Å². The maximum atomic E-state index is 12.9. The number of ether oxygens (including phenoxy) is 2. The van der Waals surface area contributed by atoms with Crippen LogP contribution in [0.15, 0.2) is 24.3 Å². The molecule has 0 aromatic heterocycles. The summed E-state index contributed by atoms with van der Waals surface area (Å²) in [5.74, 6) is 0.782. The van der Waals surface area contributed by atoms with Gasteiger partial charge in [-0.1, -0.05) is 12.1 Å². The zero-order chi connectivity index (χ0) is 15.6. The van der Waals surface area contributed by atoms with Gasteiger partial charge in [-0.25, -0.2) is 0 Å². The Labute approximate surface area is 131 Å². The minimum atomic E-state index is -3.42. The number of hydrogen-bond acceptors (Lipinski definition) is 4. The van der Waals surface area contributed by atoms with Gasteiger partial charge in [0.2, 0.25) is 0 Å². The first-order chi connectivity index (χ1) is 10.6. The van der Waals surface area contributed by atoms with Gasteiger partial charge in [-0.05, 0) is 30.5 Å². The van der Waals surface area contributed by atoms with E-state index in [9.17, 15) is 8.42 Å². The maximum Gasteiger partial charge on any atom is 0.282 e. The Morgan fingerprint density at radius 2 is 1.82 bits per heavy atom. The van der Waals surface area contributed by atoms with Gasteiger partial charge in [0.15, 0.2) is 0 Å². The fourth-order valence-corrected chi connectivity index (χ4v) is 4.92. The third-order valence-corrected chi connectivity index (χ3v) is 6.34. The smallest absolute Gasteiger partial charge is 0.282 e.